The Hall–Kier alpha value is -0.570. The lowest BCUT2D eigenvalue weighted by molar-refractivity contribution is -0.148. The Kier molecular flexibility index (Phi) is 9.30. The van der Waals surface area contributed by atoms with Crippen molar-refractivity contribution < 1.29 is 9.53 Å². The lowest BCUT2D eigenvalue weighted by atomic mass is 10.1. The van der Waals surface area contributed by atoms with Crippen LogP contribution in [0.15, 0.2) is 0 Å². The SMILES string of the molecule is CCCCCCCCOC(=O)C(C)N(C)C. The molecule has 1 unspecified atom stereocenters. The van der Waals surface area contributed by atoms with Gasteiger partial charge in [-0.3, -0.25) is 9.69 Å². The maximum atomic E-state index is 11.5. The largest absolute Gasteiger partial charge is 0.465 e. The van der Waals surface area contributed by atoms with Crippen LogP contribution in [0.2, 0.25) is 0 Å². The van der Waals surface area contributed by atoms with Gasteiger partial charge in [-0.25, -0.2) is 0 Å². The molecule has 0 aromatic heterocycles. The number of rotatable bonds is 9. The van der Waals surface area contributed by atoms with Gasteiger partial charge < -0.3 is 4.74 Å². The van der Waals surface area contributed by atoms with Crippen LogP contribution >= 0.6 is 0 Å². The van der Waals surface area contributed by atoms with Gasteiger partial charge in [-0.15, -0.1) is 0 Å². The average molecular weight is 229 g/mol. The van der Waals surface area contributed by atoms with Crippen LogP contribution in [0, 0.1) is 0 Å². The van der Waals surface area contributed by atoms with Crippen molar-refractivity contribution in [1.82, 2.24) is 4.90 Å². The molecule has 1 atom stereocenters. The molecule has 96 valence electrons. The number of carbonyl (C=O) groups excluding carboxylic acids is 1. The number of esters is 1. The van der Waals surface area contributed by atoms with Gasteiger partial charge in [0.1, 0.15) is 6.04 Å². The number of nitrogens with zero attached hydrogens (tertiary/aromatic N) is 1. The van der Waals surface area contributed by atoms with Crippen LogP contribution in [0.5, 0.6) is 0 Å². The maximum Gasteiger partial charge on any atom is 0.323 e. The molecule has 0 heterocycles. The molecule has 0 fully saturated rings. The summed E-state index contributed by atoms with van der Waals surface area (Å²) in [6, 6.07) is -0.139. The zero-order valence-electron chi connectivity index (χ0n) is 11.3. The van der Waals surface area contributed by atoms with Crippen LogP contribution in [-0.4, -0.2) is 37.6 Å². The maximum absolute atomic E-state index is 11.5. The molecular formula is C13H27NO2. The Morgan fingerprint density at radius 1 is 1.12 bits per heavy atom. The van der Waals surface area contributed by atoms with Gasteiger partial charge in [0, 0.05) is 0 Å². The van der Waals surface area contributed by atoms with Gasteiger partial charge in [0.15, 0.2) is 0 Å². The minimum Gasteiger partial charge on any atom is -0.465 e. The van der Waals surface area contributed by atoms with Crippen molar-refractivity contribution in [3.8, 4) is 0 Å². The summed E-state index contributed by atoms with van der Waals surface area (Å²) in [5.74, 6) is -0.112. The fraction of sp³-hybridized carbons (Fsp3) is 0.923. The summed E-state index contributed by atoms with van der Waals surface area (Å²) in [5.41, 5.74) is 0. The van der Waals surface area contributed by atoms with Crippen molar-refractivity contribution >= 4 is 5.97 Å². The molecule has 0 radical (unpaired) electrons. The van der Waals surface area contributed by atoms with E-state index in [9.17, 15) is 4.79 Å². The molecule has 0 aliphatic carbocycles. The minimum atomic E-state index is -0.139. The third kappa shape index (κ3) is 7.69. The predicted molar refractivity (Wildman–Crippen MR) is 67.5 cm³/mol. The molecular weight excluding hydrogens is 202 g/mol. The molecule has 0 bridgehead atoms. The Morgan fingerprint density at radius 2 is 1.69 bits per heavy atom. The summed E-state index contributed by atoms with van der Waals surface area (Å²) in [6.07, 6.45) is 7.32. The van der Waals surface area contributed by atoms with Crippen LogP contribution in [0.1, 0.15) is 52.4 Å². The summed E-state index contributed by atoms with van der Waals surface area (Å²) in [7, 11) is 3.77. The summed E-state index contributed by atoms with van der Waals surface area (Å²) in [6.45, 7) is 4.65. The van der Waals surface area contributed by atoms with Crippen LogP contribution in [0.25, 0.3) is 0 Å². The molecule has 0 saturated carbocycles. The molecule has 0 spiro atoms. The van der Waals surface area contributed by atoms with Crippen LogP contribution < -0.4 is 0 Å². The van der Waals surface area contributed by atoms with E-state index in [-0.39, 0.29) is 12.0 Å². The standard InChI is InChI=1S/C13H27NO2/c1-5-6-7-8-9-10-11-16-13(15)12(2)14(3)4/h12H,5-11H2,1-4H3. The second-order valence-electron chi connectivity index (χ2n) is 4.57. The second kappa shape index (κ2) is 9.64. The third-order valence-electron chi connectivity index (χ3n) is 2.86. The topological polar surface area (TPSA) is 29.5 Å². The predicted octanol–water partition coefficient (Wildman–Crippen LogP) is 2.84. The second-order valence-corrected chi connectivity index (χ2v) is 4.57. The number of carbonyl (C=O) groups is 1. The summed E-state index contributed by atoms with van der Waals surface area (Å²) >= 11 is 0. The highest BCUT2D eigenvalue weighted by Gasteiger charge is 2.15. The highest BCUT2D eigenvalue weighted by atomic mass is 16.5. The molecule has 0 aromatic rings. The van der Waals surface area contributed by atoms with E-state index >= 15 is 0 Å². The number of unbranched alkanes of at least 4 members (excludes halogenated alkanes) is 5. The van der Waals surface area contributed by atoms with E-state index in [2.05, 4.69) is 6.92 Å². The summed E-state index contributed by atoms with van der Waals surface area (Å²) < 4.78 is 5.19. The molecule has 3 heteroatoms. The first-order valence-corrected chi connectivity index (χ1v) is 6.42. The zero-order valence-corrected chi connectivity index (χ0v) is 11.3. The number of hydrogen-bond donors (Lipinski definition) is 0. The first-order valence-electron chi connectivity index (χ1n) is 6.42. The minimum absolute atomic E-state index is 0.112. The van der Waals surface area contributed by atoms with Gasteiger partial charge in [0.05, 0.1) is 6.61 Å². The quantitative estimate of drug-likeness (QED) is 0.450. The highest BCUT2D eigenvalue weighted by molar-refractivity contribution is 5.75. The van der Waals surface area contributed by atoms with E-state index in [1.54, 1.807) is 0 Å². The fourth-order valence-electron chi connectivity index (χ4n) is 1.39. The van der Waals surface area contributed by atoms with Crippen LogP contribution in [0.3, 0.4) is 0 Å². The molecule has 0 N–H and O–H groups in total. The summed E-state index contributed by atoms with van der Waals surface area (Å²) in [4.78, 5) is 13.3. The van der Waals surface area contributed by atoms with Gasteiger partial charge in [-0.1, -0.05) is 39.0 Å². The number of likely N-dealkylation sites (N-methyl/N-ethyl adjacent to an activating group) is 1. The lowest BCUT2D eigenvalue weighted by Gasteiger charge is -2.17. The van der Waals surface area contributed by atoms with E-state index in [1.807, 2.05) is 25.9 Å². The van der Waals surface area contributed by atoms with Gasteiger partial charge in [0.2, 0.25) is 0 Å². The van der Waals surface area contributed by atoms with E-state index in [0.29, 0.717) is 6.61 Å². The van der Waals surface area contributed by atoms with Gasteiger partial charge >= 0.3 is 5.97 Å². The number of ether oxygens (including phenoxy) is 1. The molecule has 0 amide bonds. The average Bonchev–Trinajstić information content (AvgIpc) is 2.26. The van der Waals surface area contributed by atoms with Crippen LogP contribution in [-0.2, 0) is 9.53 Å². The normalized spacial score (nSPS) is 12.8. The number of hydrogen-bond acceptors (Lipinski definition) is 3. The fourth-order valence-corrected chi connectivity index (χ4v) is 1.39. The van der Waals surface area contributed by atoms with Crippen molar-refractivity contribution in [2.45, 2.75) is 58.4 Å². The molecule has 16 heavy (non-hydrogen) atoms. The molecule has 0 aliphatic rings. The van der Waals surface area contributed by atoms with Crippen LogP contribution in [0.4, 0.5) is 0 Å². The molecule has 0 rings (SSSR count). The third-order valence-corrected chi connectivity index (χ3v) is 2.86. The molecule has 0 aromatic carbocycles. The Labute approximate surface area is 100 Å². The summed E-state index contributed by atoms with van der Waals surface area (Å²) in [5, 5.41) is 0. The van der Waals surface area contributed by atoms with Gasteiger partial charge in [-0.05, 0) is 27.4 Å². The van der Waals surface area contributed by atoms with Gasteiger partial charge in [-0.2, -0.15) is 0 Å². The lowest BCUT2D eigenvalue weighted by Crippen LogP contribution is -2.34. The highest BCUT2D eigenvalue weighted by Crippen LogP contribution is 2.05. The molecule has 0 saturated heterocycles. The van der Waals surface area contributed by atoms with E-state index < -0.39 is 0 Å². The molecule has 3 nitrogen and oxygen atoms in total. The van der Waals surface area contributed by atoms with Crippen molar-refractivity contribution in [2.75, 3.05) is 20.7 Å². The van der Waals surface area contributed by atoms with E-state index in [4.69, 9.17) is 4.74 Å². The zero-order chi connectivity index (χ0) is 12.4. The first-order chi connectivity index (χ1) is 7.59. The van der Waals surface area contributed by atoms with Crippen molar-refractivity contribution in [2.24, 2.45) is 0 Å². The molecule has 0 aliphatic heterocycles. The Balaban J connectivity index is 3.34. The van der Waals surface area contributed by atoms with Crippen molar-refractivity contribution in [3.63, 3.8) is 0 Å². The smallest absolute Gasteiger partial charge is 0.323 e. The van der Waals surface area contributed by atoms with E-state index in [0.717, 1.165) is 6.42 Å². The Morgan fingerprint density at radius 3 is 2.25 bits per heavy atom. The first kappa shape index (κ1) is 15.4. The van der Waals surface area contributed by atoms with Crippen molar-refractivity contribution in [3.05, 3.63) is 0 Å². The monoisotopic (exact) mass is 229 g/mol. The van der Waals surface area contributed by atoms with Gasteiger partial charge in [0.25, 0.3) is 0 Å². The Bertz CT molecular complexity index is 181. The van der Waals surface area contributed by atoms with Crippen molar-refractivity contribution in [1.29, 1.82) is 0 Å². The van der Waals surface area contributed by atoms with E-state index in [1.165, 1.54) is 32.1 Å².